The zero-order valence-corrected chi connectivity index (χ0v) is 14.2. The number of rotatable bonds is 5. The van der Waals surface area contributed by atoms with Crippen LogP contribution in [-0.2, 0) is 16.1 Å². The van der Waals surface area contributed by atoms with Gasteiger partial charge in [-0.05, 0) is 19.1 Å². The third-order valence-corrected chi connectivity index (χ3v) is 4.12. The molecule has 2 aromatic carbocycles. The van der Waals surface area contributed by atoms with Gasteiger partial charge in [-0.2, -0.15) is 0 Å². The van der Waals surface area contributed by atoms with Crippen molar-refractivity contribution < 1.29 is 19.3 Å². The Morgan fingerprint density at radius 3 is 2.16 bits per heavy atom. The molecule has 0 spiro atoms. The molecule has 1 saturated heterocycles. The molecule has 6 nitrogen and oxygen atoms in total. The van der Waals surface area contributed by atoms with Crippen LogP contribution in [0.15, 0.2) is 54.6 Å². The summed E-state index contributed by atoms with van der Waals surface area (Å²) < 4.78 is 0. The second-order valence-electron chi connectivity index (χ2n) is 6.27. The molecule has 1 N–H and O–H groups in total. The molecule has 3 rings (SSSR count). The van der Waals surface area contributed by atoms with E-state index in [1.165, 1.54) is 0 Å². The van der Waals surface area contributed by atoms with Gasteiger partial charge in [-0.1, -0.05) is 48.0 Å². The number of nitrogens with one attached hydrogen (secondary N) is 1. The first-order chi connectivity index (χ1) is 12.0. The summed E-state index contributed by atoms with van der Waals surface area (Å²) in [5.41, 5.74) is 2.52. The molecule has 0 aliphatic carbocycles. The van der Waals surface area contributed by atoms with Crippen molar-refractivity contribution in [1.82, 2.24) is 4.90 Å². The van der Waals surface area contributed by atoms with Crippen LogP contribution in [0.25, 0.3) is 0 Å². The number of quaternary nitrogens is 1. The van der Waals surface area contributed by atoms with Crippen molar-refractivity contribution in [2.24, 2.45) is 0 Å². The highest BCUT2D eigenvalue weighted by atomic mass is 16.2. The highest BCUT2D eigenvalue weighted by Crippen LogP contribution is 2.21. The number of imide groups is 2. The lowest BCUT2D eigenvalue weighted by Crippen LogP contribution is -3.09. The predicted molar refractivity (Wildman–Crippen MR) is 92.8 cm³/mol. The lowest BCUT2D eigenvalue weighted by Gasteiger charge is -2.20. The summed E-state index contributed by atoms with van der Waals surface area (Å²) in [5.74, 6) is -1.58. The van der Waals surface area contributed by atoms with E-state index in [-0.39, 0.29) is 6.67 Å². The average Bonchev–Trinajstić information content (AvgIpc) is 2.80. The van der Waals surface area contributed by atoms with Crippen LogP contribution >= 0.6 is 0 Å². The van der Waals surface area contributed by atoms with E-state index in [4.69, 9.17) is 0 Å². The first kappa shape index (κ1) is 16.9. The summed E-state index contributed by atoms with van der Waals surface area (Å²) in [6, 6.07) is 16.1. The lowest BCUT2D eigenvalue weighted by atomic mass is 10.2. The normalized spacial score (nSPS) is 15.8. The third-order valence-electron chi connectivity index (χ3n) is 4.12. The van der Waals surface area contributed by atoms with Crippen molar-refractivity contribution in [1.29, 1.82) is 0 Å². The quantitative estimate of drug-likeness (QED) is 0.653. The minimum Gasteiger partial charge on any atom is -0.316 e. The Bertz CT molecular complexity index is 802. The van der Waals surface area contributed by atoms with Gasteiger partial charge in [-0.15, -0.1) is 0 Å². The first-order valence-electron chi connectivity index (χ1n) is 8.09. The summed E-state index contributed by atoms with van der Waals surface area (Å²) in [4.78, 5) is 40.0. The number of urea groups is 1. The van der Waals surface area contributed by atoms with Crippen LogP contribution in [0, 0.1) is 6.92 Å². The van der Waals surface area contributed by atoms with Gasteiger partial charge in [0.2, 0.25) is 0 Å². The maximum atomic E-state index is 12.6. The molecule has 1 aliphatic rings. The van der Waals surface area contributed by atoms with Gasteiger partial charge in [0.25, 0.3) is 0 Å². The van der Waals surface area contributed by atoms with Crippen LogP contribution in [0.4, 0.5) is 10.5 Å². The van der Waals surface area contributed by atoms with E-state index in [2.05, 4.69) is 0 Å². The molecule has 0 radical (unpaired) electrons. The average molecular weight is 338 g/mol. The zero-order chi connectivity index (χ0) is 18.0. The minimum absolute atomic E-state index is 0.140. The smallest absolute Gasteiger partial charge is 0.316 e. The van der Waals surface area contributed by atoms with Gasteiger partial charge in [0.1, 0.15) is 6.54 Å². The molecule has 1 atom stereocenters. The molecule has 1 unspecified atom stereocenters. The van der Waals surface area contributed by atoms with Crippen LogP contribution in [0.3, 0.4) is 0 Å². The van der Waals surface area contributed by atoms with E-state index in [0.29, 0.717) is 12.2 Å². The van der Waals surface area contributed by atoms with E-state index in [9.17, 15) is 14.4 Å². The Labute approximate surface area is 146 Å². The van der Waals surface area contributed by atoms with Crippen LogP contribution in [-0.4, -0.2) is 36.5 Å². The summed E-state index contributed by atoms with van der Waals surface area (Å²) >= 11 is 0. The number of hydrogen-bond donors (Lipinski definition) is 1. The molecule has 0 saturated carbocycles. The molecule has 0 bridgehead atoms. The maximum Gasteiger partial charge on any atom is 0.343 e. The van der Waals surface area contributed by atoms with Gasteiger partial charge in [0, 0.05) is 5.56 Å². The number of anilines is 1. The lowest BCUT2D eigenvalue weighted by molar-refractivity contribution is -0.901. The second-order valence-corrected chi connectivity index (χ2v) is 6.27. The fourth-order valence-corrected chi connectivity index (χ4v) is 2.84. The van der Waals surface area contributed by atoms with Crippen molar-refractivity contribution in [3.63, 3.8) is 0 Å². The summed E-state index contributed by atoms with van der Waals surface area (Å²) in [7, 11) is 1.88. The molecule has 128 valence electrons. The van der Waals surface area contributed by atoms with Gasteiger partial charge in [-0.25, -0.2) is 14.6 Å². The van der Waals surface area contributed by atoms with Crippen molar-refractivity contribution in [3.05, 3.63) is 65.7 Å². The van der Waals surface area contributed by atoms with Gasteiger partial charge >= 0.3 is 17.8 Å². The molecule has 1 fully saturated rings. The SMILES string of the molecule is Cc1ccc(N2C(=O)C(=O)N(C[NH+](C)Cc3ccccc3)C2=O)cc1. The van der Waals surface area contributed by atoms with Gasteiger partial charge in [-0.3, -0.25) is 9.59 Å². The standard InChI is InChI=1S/C19H19N3O3/c1-14-8-10-16(11-9-14)22-18(24)17(23)21(19(22)25)13-20(2)12-15-6-4-3-5-7-15/h3-11H,12-13H2,1-2H3/p+1. The molecule has 1 aliphatic heterocycles. The second kappa shape index (κ2) is 6.86. The maximum absolute atomic E-state index is 12.6. The minimum atomic E-state index is -0.804. The highest BCUT2D eigenvalue weighted by Gasteiger charge is 2.46. The molecule has 4 amide bonds. The Hall–Kier alpha value is -2.99. The summed E-state index contributed by atoms with van der Waals surface area (Å²) in [5, 5.41) is 0. The Morgan fingerprint density at radius 1 is 0.880 bits per heavy atom. The van der Waals surface area contributed by atoms with E-state index in [1.807, 2.05) is 44.3 Å². The molecule has 6 heteroatoms. The number of aryl methyl sites for hydroxylation is 1. The number of benzene rings is 2. The molecular weight excluding hydrogens is 318 g/mol. The van der Waals surface area contributed by atoms with E-state index in [1.54, 1.807) is 24.3 Å². The molecule has 25 heavy (non-hydrogen) atoms. The van der Waals surface area contributed by atoms with Crippen LogP contribution in [0.2, 0.25) is 0 Å². The zero-order valence-electron chi connectivity index (χ0n) is 14.2. The monoisotopic (exact) mass is 338 g/mol. The summed E-state index contributed by atoms with van der Waals surface area (Å²) in [6.07, 6.45) is 0. The fourth-order valence-electron chi connectivity index (χ4n) is 2.84. The molecular formula is C19H20N3O3+. The number of amides is 4. The Balaban J connectivity index is 1.74. The van der Waals surface area contributed by atoms with E-state index in [0.717, 1.165) is 25.8 Å². The van der Waals surface area contributed by atoms with Crippen molar-refractivity contribution >= 4 is 23.5 Å². The van der Waals surface area contributed by atoms with Crippen molar-refractivity contribution in [2.45, 2.75) is 13.5 Å². The van der Waals surface area contributed by atoms with Crippen molar-refractivity contribution in [3.8, 4) is 0 Å². The Morgan fingerprint density at radius 2 is 1.52 bits per heavy atom. The highest BCUT2D eigenvalue weighted by molar-refractivity contribution is 6.52. The van der Waals surface area contributed by atoms with Crippen LogP contribution in [0.1, 0.15) is 11.1 Å². The predicted octanol–water partition coefficient (Wildman–Crippen LogP) is 0.963. The fraction of sp³-hybridized carbons (Fsp3) is 0.211. The van der Waals surface area contributed by atoms with E-state index >= 15 is 0 Å². The first-order valence-corrected chi connectivity index (χ1v) is 8.09. The van der Waals surface area contributed by atoms with Gasteiger partial charge < -0.3 is 4.90 Å². The molecule has 1 heterocycles. The van der Waals surface area contributed by atoms with Gasteiger partial charge in [0.05, 0.1) is 12.7 Å². The number of carbonyl (C=O) groups is 3. The van der Waals surface area contributed by atoms with Gasteiger partial charge in [0.15, 0.2) is 6.67 Å². The molecule has 0 aromatic heterocycles. The molecule has 2 aromatic rings. The van der Waals surface area contributed by atoms with Crippen LogP contribution in [0.5, 0.6) is 0 Å². The largest absolute Gasteiger partial charge is 0.343 e. The summed E-state index contributed by atoms with van der Waals surface area (Å²) in [6.45, 7) is 2.70. The van der Waals surface area contributed by atoms with Crippen LogP contribution < -0.4 is 9.80 Å². The number of carbonyl (C=O) groups excluding carboxylic acids is 3. The Kier molecular flexibility index (Phi) is 4.63. The number of nitrogens with zero attached hydrogens (tertiary/aromatic N) is 2. The van der Waals surface area contributed by atoms with E-state index < -0.39 is 17.8 Å². The topological polar surface area (TPSA) is 62.1 Å². The third kappa shape index (κ3) is 3.44. The number of hydrogen-bond acceptors (Lipinski definition) is 3. The van der Waals surface area contributed by atoms with Crippen molar-refractivity contribution in [2.75, 3.05) is 18.6 Å².